The molecule has 3 aromatic heterocycles. The topological polar surface area (TPSA) is 68.9 Å². The zero-order chi connectivity index (χ0) is 37.7. The second-order valence-electron chi connectivity index (χ2n) is 14.1. The van der Waals surface area contributed by atoms with Crippen molar-refractivity contribution in [3.8, 4) is 68.2 Å². The second-order valence-corrected chi connectivity index (χ2v) is 14.1. The lowest BCUT2D eigenvalue weighted by atomic mass is 10.0. The van der Waals surface area contributed by atoms with Crippen LogP contribution in [-0.4, -0.2) is 29.3 Å². The monoisotopic (exact) mass is 728 g/mol. The van der Waals surface area contributed by atoms with Crippen molar-refractivity contribution >= 4 is 38.0 Å². The van der Waals surface area contributed by atoms with Crippen molar-refractivity contribution in [3.63, 3.8) is 0 Å². The highest BCUT2D eigenvalue weighted by atomic mass is 15.1. The molecule has 0 aliphatic carbocycles. The van der Waals surface area contributed by atoms with Crippen LogP contribution in [0.3, 0.4) is 0 Å². The van der Waals surface area contributed by atoms with Gasteiger partial charge >= 0.3 is 0 Å². The Hall–Kier alpha value is -7.83. The van der Waals surface area contributed by atoms with E-state index in [1.807, 2.05) is 12.1 Å². The molecule has 0 fully saturated rings. The average Bonchev–Trinajstić information content (AvgIpc) is 3.63. The van der Waals surface area contributed by atoms with Crippen molar-refractivity contribution in [2.75, 3.05) is 0 Å². The van der Waals surface area contributed by atoms with Crippen molar-refractivity contribution in [1.29, 1.82) is 0 Å². The van der Waals surface area contributed by atoms with Crippen molar-refractivity contribution in [3.05, 3.63) is 194 Å². The quantitative estimate of drug-likeness (QED) is 0.170. The Balaban J connectivity index is 1.09. The Kier molecular flexibility index (Phi) is 7.71. The molecule has 0 radical (unpaired) electrons. The maximum Gasteiger partial charge on any atom is 0.164 e. The summed E-state index contributed by atoms with van der Waals surface area (Å²) in [6.45, 7) is 0. The van der Waals surface area contributed by atoms with Crippen LogP contribution in [0.4, 0.5) is 0 Å². The van der Waals surface area contributed by atoms with E-state index in [1.54, 1.807) is 0 Å². The van der Waals surface area contributed by atoms with Crippen LogP contribution in [0.2, 0.25) is 0 Å². The molecule has 0 atom stereocenters. The van der Waals surface area contributed by atoms with Gasteiger partial charge in [-0.1, -0.05) is 194 Å². The number of aromatic nitrogens is 6. The molecule has 0 N–H and O–H groups in total. The summed E-state index contributed by atoms with van der Waals surface area (Å²) in [6, 6.07) is 66.8. The van der Waals surface area contributed by atoms with Crippen LogP contribution in [0.5, 0.6) is 0 Å². The molecule has 0 aliphatic heterocycles. The Bertz CT molecular complexity index is 3170. The summed E-state index contributed by atoms with van der Waals surface area (Å²) < 4.78 is 2.21. The number of hydrogen-bond acceptors (Lipinski definition) is 5. The molecule has 8 aromatic carbocycles. The second kappa shape index (κ2) is 13.5. The maximum absolute atomic E-state index is 5.30. The van der Waals surface area contributed by atoms with Gasteiger partial charge in [0.1, 0.15) is 11.5 Å². The fourth-order valence-electron chi connectivity index (χ4n) is 7.97. The molecule has 0 saturated heterocycles. The number of benzene rings is 8. The Morgan fingerprint density at radius 3 is 1.30 bits per heavy atom. The summed E-state index contributed by atoms with van der Waals surface area (Å²) in [5.41, 5.74) is 7.71. The molecule has 0 unspecified atom stereocenters. The van der Waals surface area contributed by atoms with Crippen molar-refractivity contribution in [1.82, 2.24) is 29.3 Å². The van der Waals surface area contributed by atoms with Gasteiger partial charge in [-0.3, -0.25) is 4.40 Å². The average molecular weight is 729 g/mol. The van der Waals surface area contributed by atoms with E-state index >= 15 is 0 Å². The van der Waals surface area contributed by atoms with Gasteiger partial charge in [0.05, 0.1) is 5.69 Å². The van der Waals surface area contributed by atoms with Gasteiger partial charge in [0.15, 0.2) is 23.3 Å². The van der Waals surface area contributed by atoms with E-state index < -0.39 is 0 Å². The fourth-order valence-corrected chi connectivity index (χ4v) is 7.97. The molecule has 11 rings (SSSR count). The lowest BCUT2D eigenvalue weighted by Crippen LogP contribution is -2.03. The molecule has 0 saturated carbocycles. The zero-order valence-electron chi connectivity index (χ0n) is 30.7. The van der Waals surface area contributed by atoms with E-state index in [2.05, 4.69) is 186 Å². The van der Waals surface area contributed by atoms with Gasteiger partial charge in [-0.15, -0.1) is 0 Å². The molecule has 0 aliphatic rings. The van der Waals surface area contributed by atoms with E-state index in [4.69, 9.17) is 24.9 Å². The van der Waals surface area contributed by atoms with E-state index in [1.165, 1.54) is 0 Å². The highest BCUT2D eigenvalue weighted by Gasteiger charge is 2.21. The van der Waals surface area contributed by atoms with Gasteiger partial charge in [0, 0.05) is 38.6 Å². The lowest BCUT2D eigenvalue weighted by molar-refractivity contribution is 1.05. The van der Waals surface area contributed by atoms with Crippen molar-refractivity contribution in [2.24, 2.45) is 0 Å². The fraction of sp³-hybridized carbons (Fsp3) is 0. The lowest BCUT2D eigenvalue weighted by Gasteiger charge is -2.13. The van der Waals surface area contributed by atoms with E-state index in [9.17, 15) is 0 Å². The molecular weight excluding hydrogens is 697 g/mol. The summed E-state index contributed by atoms with van der Waals surface area (Å²) in [5, 5.41) is 6.64. The summed E-state index contributed by atoms with van der Waals surface area (Å²) in [6.07, 6.45) is 0. The Morgan fingerprint density at radius 2 is 0.719 bits per heavy atom. The third-order valence-corrected chi connectivity index (χ3v) is 10.7. The third kappa shape index (κ3) is 5.62. The first-order chi connectivity index (χ1) is 28.3. The first-order valence-electron chi connectivity index (χ1n) is 19.0. The van der Waals surface area contributed by atoms with E-state index in [0.717, 1.165) is 82.9 Å². The molecule has 0 amide bonds. The molecule has 0 spiro atoms. The Morgan fingerprint density at radius 1 is 0.281 bits per heavy atom. The van der Waals surface area contributed by atoms with Crippen LogP contribution in [-0.2, 0) is 0 Å². The van der Waals surface area contributed by atoms with Crippen LogP contribution in [0.15, 0.2) is 194 Å². The van der Waals surface area contributed by atoms with Crippen molar-refractivity contribution < 1.29 is 0 Å². The number of nitrogens with zero attached hydrogens (tertiary/aromatic N) is 6. The summed E-state index contributed by atoms with van der Waals surface area (Å²) in [4.78, 5) is 26.0. The number of hydrogen-bond donors (Lipinski definition) is 0. The highest BCUT2D eigenvalue weighted by molar-refractivity contribution is 6.06. The van der Waals surface area contributed by atoms with Crippen LogP contribution in [0.25, 0.3) is 106 Å². The smallest absolute Gasteiger partial charge is 0.164 e. The Labute approximate surface area is 328 Å². The largest absolute Gasteiger partial charge is 0.277 e. The van der Waals surface area contributed by atoms with E-state index in [-0.39, 0.29) is 0 Å². The predicted molar refractivity (Wildman–Crippen MR) is 232 cm³/mol. The van der Waals surface area contributed by atoms with Crippen LogP contribution in [0, 0.1) is 0 Å². The minimum Gasteiger partial charge on any atom is -0.277 e. The molecule has 6 nitrogen and oxygen atoms in total. The van der Waals surface area contributed by atoms with Crippen molar-refractivity contribution in [2.45, 2.75) is 0 Å². The van der Waals surface area contributed by atoms with Gasteiger partial charge in [0.2, 0.25) is 0 Å². The van der Waals surface area contributed by atoms with E-state index in [0.29, 0.717) is 23.3 Å². The van der Waals surface area contributed by atoms with Crippen LogP contribution in [0.1, 0.15) is 0 Å². The summed E-state index contributed by atoms with van der Waals surface area (Å²) in [5.74, 6) is 3.30. The molecule has 11 aromatic rings. The summed E-state index contributed by atoms with van der Waals surface area (Å²) >= 11 is 0. The molecule has 57 heavy (non-hydrogen) atoms. The molecular formula is C51H32N6. The van der Waals surface area contributed by atoms with Crippen LogP contribution < -0.4 is 0 Å². The van der Waals surface area contributed by atoms with Gasteiger partial charge in [0.25, 0.3) is 0 Å². The van der Waals surface area contributed by atoms with Gasteiger partial charge in [-0.05, 0) is 27.1 Å². The summed E-state index contributed by atoms with van der Waals surface area (Å²) in [7, 11) is 0. The minimum atomic E-state index is 0.592. The molecule has 266 valence electrons. The van der Waals surface area contributed by atoms with Gasteiger partial charge in [-0.2, -0.15) is 0 Å². The predicted octanol–water partition coefficient (Wildman–Crippen LogP) is 12.4. The number of fused-ring (bicyclic) bond motifs is 5. The maximum atomic E-state index is 5.30. The highest BCUT2D eigenvalue weighted by Crippen LogP contribution is 2.38. The first-order valence-corrected chi connectivity index (χ1v) is 19.0. The molecule has 6 heteroatoms. The number of rotatable bonds is 6. The first kappa shape index (κ1) is 32.6. The standard InChI is InChI=1S/C51H32N6/c1-3-17-35(18-4-1)45-41-25-11-12-26-44(41)51-56-47(55-50(57(45)51)38-19-5-2-6-20-38)37-31-29-36(30-32-37)46-52-48(42-27-13-21-33-15-7-9-23-39(33)42)54-49(53-46)43-28-14-22-34-16-8-10-24-40(34)43/h1-32H. The SMILES string of the molecule is c1ccc(-c2nc(-c3ccc(-c4nc(-c5cccc6ccccc56)nc(-c5cccc6ccccc56)n4)cc3)nc3c4ccccc4c(-c4ccccc4)n23)cc1. The van der Waals surface area contributed by atoms with Gasteiger partial charge in [-0.25, -0.2) is 24.9 Å². The minimum absolute atomic E-state index is 0.592. The zero-order valence-corrected chi connectivity index (χ0v) is 30.7. The molecule has 3 heterocycles. The third-order valence-electron chi connectivity index (χ3n) is 10.7. The molecule has 0 bridgehead atoms. The normalized spacial score (nSPS) is 11.5. The van der Waals surface area contributed by atoms with Gasteiger partial charge < -0.3 is 0 Å². The van der Waals surface area contributed by atoms with Crippen LogP contribution >= 0.6 is 0 Å².